The van der Waals surface area contributed by atoms with E-state index in [1.54, 1.807) is 0 Å². The monoisotopic (exact) mass is 166 g/mol. The molecule has 0 aromatic rings. The summed E-state index contributed by atoms with van der Waals surface area (Å²) in [6.45, 7) is -1.39. The Morgan fingerprint density at radius 3 is 2.00 bits per heavy atom. The average molecular weight is 166 g/mol. The second kappa shape index (κ2) is 3.67. The maximum Gasteiger partial charge on any atom is 0.549 e. The summed E-state index contributed by atoms with van der Waals surface area (Å²) in [7, 11) is 0. The molecule has 0 aromatic heterocycles. The molecular weight excluding hydrogens is 163 g/mol. The molecule has 0 saturated heterocycles. The quantitative estimate of drug-likeness (QED) is 0.361. The molecule has 62 valence electrons. The lowest BCUT2D eigenvalue weighted by molar-refractivity contribution is -0.487. The predicted octanol–water partition coefficient (Wildman–Crippen LogP) is 1.72. The van der Waals surface area contributed by atoms with Crippen molar-refractivity contribution >= 4 is 0 Å². The van der Waals surface area contributed by atoms with Crippen molar-refractivity contribution in [2.45, 2.75) is 12.8 Å². The van der Waals surface area contributed by atoms with Crippen LogP contribution in [-0.4, -0.2) is 19.4 Å². The second-order valence-corrected chi connectivity index (χ2v) is 1.20. The molecule has 0 saturated carbocycles. The van der Waals surface area contributed by atoms with Crippen LogP contribution in [0.1, 0.15) is 0 Å². The van der Waals surface area contributed by atoms with Crippen LogP contribution in [0.2, 0.25) is 0 Å². The van der Waals surface area contributed by atoms with Gasteiger partial charge >= 0.3 is 6.36 Å². The first-order valence-electron chi connectivity index (χ1n) is 2.07. The molecule has 0 spiro atoms. The number of hydrogen-bond donors (Lipinski definition) is 0. The van der Waals surface area contributed by atoms with Gasteiger partial charge in [-0.25, -0.2) is 13.7 Å². The topological polar surface area (TPSA) is 18.5 Å². The van der Waals surface area contributed by atoms with Crippen LogP contribution in [0.4, 0.5) is 22.0 Å². The lowest BCUT2D eigenvalue weighted by atomic mass is 10.8. The highest BCUT2D eigenvalue weighted by molar-refractivity contribution is 4.27. The Bertz CT molecular complexity index is 89.4. The third kappa shape index (κ3) is 7.57. The average Bonchev–Trinajstić information content (AvgIpc) is 1.59. The Kier molecular flexibility index (Phi) is 3.51. The minimum atomic E-state index is -5.02. The largest absolute Gasteiger partial charge is 0.549 e. The molecule has 0 amide bonds. The summed E-state index contributed by atoms with van der Waals surface area (Å²) in [6, 6.07) is 0. The first kappa shape index (κ1) is 9.57. The molecule has 0 bridgehead atoms. The van der Waals surface area contributed by atoms with Gasteiger partial charge < -0.3 is 0 Å². The Balaban J connectivity index is 3.21. The van der Waals surface area contributed by atoms with Crippen LogP contribution in [0, 0.1) is 0 Å². The van der Waals surface area contributed by atoms with Crippen LogP contribution in [0.15, 0.2) is 0 Å². The van der Waals surface area contributed by atoms with E-state index in [9.17, 15) is 22.0 Å². The maximum atomic E-state index is 11.0. The number of hydrogen-bond acceptors (Lipinski definition) is 2. The zero-order chi connectivity index (χ0) is 8.20. The van der Waals surface area contributed by atoms with Gasteiger partial charge in [0.2, 0.25) is 0 Å². The molecule has 0 N–H and O–H groups in total. The van der Waals surface area contributed by atoms with Gasteiger partial charge in [0.1, 0.15) is 6.61 Å². The van der Waals surface area contributed by atoms with E-state index in [2.05, 4.69) is 9.78 Å². The van der Waals surface area contributed by atoms with Crippen LogP contribution in [0.5, 0.6) is 0 Å². The number of alkyl halides is 5. The summed E-state index contributed by atoms with van der Waals surface area (Å²) < 4.78 is 54.8. The van der Waals surface area contributed by atoms with Gasteiger partial charge in [0.15, 0.2) is 0 Å². The molecule has 0 rings (SSSR count). The first-order valence-corrected chi connectivity index (χ1v) is 2.07. The van der Waals surface area contributed by atoms with E-state index in [-0.39, 0.29) is 0 Å². The van der Waals surface area contributed by atoms with Gasteiger partial charge in [0, 0.05) is 0 Å². The summed E-state index contributed by atoms with van der Waals surface area (Å²) >= 11 is 0. The summed E-state index contributed by atoms with van der Waals surface area (Å²) in [4.78, 5) is 5.64. The molecule has 10 heavy (non-hydrogen) atoms. The van der Waals surface area contributed by atoms with Crippen molar-refractivity contribution in [3.8, 4) is 0 Å². The van der Waals surface area contributed by atoms with Crippen molar-refractivity contribution in [1.82, 2.24) is 0 Å². The lowest BCUT2D eigenvalue weighted by Gasteiger charge is -2.04. The van der Waals surface area contributed by atoms with Crippen LogP contribution in [-0.2, 0) is 9.78 Å². The van der Waals surface area contributed by atoms with E-state index in [0.29, 0.717) is 0 Å². The standard InChI is InChI=1S/C3H3F5O2/c4-2(5)1-9-10-3(6,7)8/h2H,1H2. The zero-order valence-corrected chi connectivity index (χ0v) is 4.49. The zero-order valence-electron chi connectivity index (χ0n) is 4.49. The van der Waals surface area contributed by atoms with Crippen molar-refractivity contribution in [2.24, 2.45) is 0 Å². The Labute approximate surface area is 52.5 Å². The molecule has 0 radical (unpaired) electrons. The normalized spacial score (nSPS) is 12.6. The molecule has 0 aliphatic carbocycles. The van der Waals surface area contributed by atoms with E-state index in [4.69, 9.17) is 0 Å². The van der Waals surface area contributed by atoms with E-state index < -0.39 is 19.4 Å². The summed E-state index contributed by atoms with van der Waals surface area (Å²) in [5.74, 6) is 0. The van der Waals surface area contributed by atoms with Gasteiger partial charge in [-0.2, -0.15) is 0 Å². The number of rotatable bonds is 3. The third-order valence-electron chi connectivity index (χ3n) is 0.347. The molecule has 0 aliphatic rings. The van der Waals surface area contributed by atoms with Gasteiger partial charge in [-0.1, -0.05) is 0 Å². The molecule has 0 atom stereocenters. The minimum absolute atomic E-state index is 1.39. The maximum absolute atomic E-state index is 11.0. The molecule has 7 heteroatoms. The van der Waals surface area contributed by atoms with Crippen LogP contribution < -0.4 is 0 Å². The van der Waals surface area contributed by atoms with Crippen LogP contribution >= 0.6 is 0 Å². The van der Waals surface area contributed by atoms with Crippen molar-refractivity contribution in [1.29, 1.82) is 0 Å². The Morgan fingerprint density at radius 1 is 1.20 bits per heavy atom. The summed E-state index contributed by atoms with van der Waals surface area (Å²) in [5, 5.41) is 0. The van der Waals surface area contributed by atoms with Crippen LogP contribution in [0.3, 0.4) is 0 Å². The fourth-order valence-corrected chi connectivity index (χ4v) is 0.152. The molecule has 0 aliphatic heterocycles. The second-order valence-electron chi connectivity index (χ2n) is 1.20. The van der Waals surface area contributed by atoms with Crippen molar-refractivity contribution < 1.29 is 31.7 Å². The van der Waals surface area contributed by atoms with Crippen molar-refractivity contribution in [3.05, 3.63) is 0 Å². The summed E-state index contributed by atoms with van der Waals surface area (Å²) in [5.41, 5.74) is 0. The predicted molar refractivity (Wildman–Crippen MR) is 19.1 cm³/mol. The van der Waals surface area contributed by atoms with Gasteiger partial charge in [-0.3, -0.25) is 0 Å². The highest BCUT2D eigenvalue weighted by Gasteiger charge is 2.31. The molecular formula is C3H3F5O2. The Morgan fingerprint density at radius 2 is 1.70 bits per heavy atom. The fourth-order valence-electron chi connectivity index (χ4n) is 0.152. The lowest BCUT2D eigenvalue weighted by Crippen LogP contribution is -2.16. The molecule has 0 heterocycles. The molecule has 0 unspecified atom stereocenters. The smallest absolute Gasteiger partial charge is 0.223 e. The van der Waals surface area contributed by atoms with E-state index in [0.717, 1.165) is 0 Å². The molecule has 2 nitrogen and oxygen atoms in total. The highest BCUT2D eigenvalue weighted by Crippen LogP contribution is 2.16. The van der Waals surface area contributed by atoms with E-state index >= 15 is 0 Å². The third-order valence-corrected chi connectivity index (χ3v) is 0.347. The SMILES string of the molecule is FC(F)COOC(F)(F)F. The van der Waals surface area contributed by atoms with E-state index in [1.165, 1.54) is 0 Å². The Hall–Kier alpha value is -0.430. The van der Waals surface area contributed by atoms with Gasteiger partial charge in [0.25, 0.3) is 6.43 Å². The molecule has 0 aromatic carbocycles. The van der Waals surface area contributed by atoms with Gasteiger partial charge in [-0.05, 0) is 0 Å². The summed E-state index contributed by atoms with van der Waals surface area (Å²) in [6.07, 6.45) is -7.99. The fraction of sp³-hybridized carbons (Fsp3) is 1.00. The first-order chi connectivity index (χ1) is 4.42. The van der Waals surface area contributed by atoms with E-state index in [1.807, 2.05) is 0 Å². The number of halogens is 5. The minimum Gasteiger partial charge on any atom is -0.223 e. The van der Waals surface area contributed by atoms with Gasteiger partial charge in [-0.15, -0.1) is 18.1 Å². The highest BCUT2D eigenvalue weighted by atomic mass is 19.4. The van der Waals surface area contributed by atoms with Crippen LogP contribution in [0.25, 0.3) is 0 Å². The van der Waals surface area contributed by atoms with Crippen molar-refractivity contribution in [2.75, 3.05) is 6.61 Å². The molecule has 0 fully saturated rings. The van der Waals surface area contributed by atoms with Gasteiger partial charge in [0.05, 0.1) is 0 Å². The van der Waals surface area contributed by atoms with Crippen molar-refractivity contribution in [3.63, 3.8) is 0 Å².